The van der Waals surface area contributed by atoms with Gasteiger partial charge < -0.3 is 15.7 Å². The lowest BCUT2D eigenvalue weighted by molar-refractivity contribution is 0.0583. The van der Waals surface area contributed by atoms with Crippen LogP contribution in [0.3, 0.4) is 0 Å². The van der Waals surface area contributed by atoms with E-state index in [9.17, 15) is 14.3 Å². The number of rotatable bonds is 5. The summed E-state index contributed by atoms with van der Waals surface area (Å²) in [5, 5.41) is 18.1. The zero-order valence-electron chi connectivity index (χ0n) is 21.5. The van der Waals surface area contributed by atoms with Crippen LogP contribution in [-0.4, -0.2) is 54.6 Å². The van der Waals surface area contributed by atoms with E-state index in [1.54, 1.807) is 24.3 Å². The number of aromatic nitrogens is 3. The van der Waals surface area contributed by atoms with Gasteiger partial charge in [0.2, 0.25) is 0 Å². The maximum Gasteiger partial charge on any atom is 0.254 e. The number of carbonyl (C=O) groups is 1. The summed E-state index contributed by atoms with van der Waals surface area (Å²) >= 11 is 0. The third-order valence-corrected chi connectivity index (χ3v) is 7.73. The van der Waals surface area contributed by atoms with Crippen LogP contribution < -0.4 is 5.73 Å². The molecule has 2 aliphatic rings. The third-order valence-electron chi connectivity index (χ3n) is 7.73. The maximum atomic E-state index is 15.7. The van der Waals surface area contributed by atoms with Crippen LogP contribution in [0, 0.1) is 17.5 Å². The minimum atomic E-state index is -1.23. The Balaban J connectivity index is 1.49. The number of nitrogens with zero attached hydrogens (tertiary/aromatic N) is 4. The van der Waals surface area contributed by atoms with Gasteiger partial charge in [-0.05, 0) is 80.1 Å². The summed E-state index contributed by atoms with van der Waals surface area (Å²) in [6.07, 6.45) is 2.51. The summed E-state index contributed by atoms with van der Waals surface area (Å²) in [5.41, 5.74) is 6.25. The molecule has 7 nitrogen and oxygen atoms in total. The smallest absolute Gasteiger partial charge is 0.254 e. The number of hydrogen-bond donors (Lipinski definition) is 2. The molecule has 0 radical (unpaired) electrons. The Morgan fingerprint density at radius 2 is 1.85 bits per heavy atom. The number of halogens is 3. The fourth-order valence-corrected chi connectivity index (χ4v) is 6.05. The second-order valence-electron chi connectivity index (χ2n) is 11.2. The third kappa shape index (κ3) is 4.37. The summed E-state index contributed by atoms with van der Waals surface area (Å²) in [7, 11) is 0. The Labute approximate surface area is 223 Å². The van der Waals surface area contributed by atoms with E-state index in [4.69, 9.17) is 5.73 Å². The normalized spacial score (nSPS) is 20.8. The lowest BCUT2D eigenvalue weighted by Crippen LogP contribution is -2.40. The Bertz CT molecular complexity index is 1610. The molecular weight excluding hydrogens is 507 g/mol. The van der Waals surface area contributed by atoms with Crippen LogP contribution in [-0.2, 0) is 6.54 Å². The lowest BCUT2D eigenvalue weighted by Gasteiger charge is -2.24. The van der Waals surface area contributed by atoms with E-state index in [2.05, 4.69) is 10.3 Å². The molecule has 4 aromatic rings. The second kappa shape index (κ2) is 9.17. The molecule has 2 aliphatic heterocycles. The van der Waals surface area contributed by atoms with Crippen molar-refractivity contribution in [3.63, 3.8) is 0 Å². The quantitative estimate of drug-likeness (QED) is 0.388. The van der Waals surface area contributed by atoms with Crippen molar-refractivity contribution < 1.29 is 23.1 Å². The summed E-state index contributed by atoms with van der Waals surface area (Å²) in [6.45, 7) is 2.96. The standard InChI is InChI=1S/C29H28F3N5O2/c1-29(2,39)14-36-27-23(34-35-36)13-21(25(31)26(27)32)19-8-6-16(11-20(19)15-4-3-5-17(30)10-15)28(38)37-18-7-9-24(37)22(33)12-18/h3-6,8,10-11,13,18,22,24,39H,7,9,12,14,33H2,1-2H3/t18-,22+,24+/m1/s1. The van der Waals surface area contributed by atoms with E-state index in [-0.39, 0.29) is 52.7 Å². The average Bonchev–Trinajstić information content (AvgIpc) is 3.57. The molecule has 1 aromatic heterocycles. The number of fused-ring (bicyclic) bond motifs is 3. The van der Waals surface area contributed by atoms with Crippen LogP contribution in [0.1, 0.15) is 43.5 Å². The van der Waals surface area contributed by atoms with E-state index < -0.39 is 23.1 Å². The Hall–Kier alpha value is -3.76. The first-order valence-electron chi connectivity index (χ1n) is 12.9. The van der Waals surface area contributed by atoms with Crippen molar-refractivity contribution in [3.8, 4) is 22.3 Å². The van der Waals surface area contributed by atoms with E-state index in [1.165, 1.54) is 38.1 Å². The van der Waals surface area contributed by atoms with Crippen LogP contribution in [0.25, 0.3) is 33.3 Å². The fraction of sp³-hybridized carbons (Fsp3) is 0.345. The average molecular weight is 536 g/mol. The first-order valence-corrected chi connectivity index (χ1v) is 12.9. The molecule has 0 spiro atoms. The number of benzene rings is 3. The minimum absolute atomic E-state index is 0.0275. The highest BCUT2D eigenvalue weighted by Crippen LogP contribution is 2.40. The molecule has 2 saturated heterocycles. The zero-order valence-corrected chi connectivity index (χ0v) is 21.5. The van der Waals surface area contributed by atoms with Gasteiger partial charge in [-0.2, -0.15) is 0 Å². The van der Waals surface area contributed by atoms with Gasteiger partial charge in [0, 0.05) is 29.3 Å². The van der Waals surface area contributed by atoms with Gasteiger partial charge >= 0.3 is 0 Å². The number of aliphatic hydroxyl groups is 1. The lowest BCUT2D eigenvalue weighted by atomic mass is 9.91. The number of carbonyl (C=O) groups excluding carboxylic acids is 1. The van der Waals surface area contributed by atoms with Crippen LogP contribution in [0.15, 0.2) is 48.5 Å². The fourth-order valence-electron chi connectivity index (χ4n) is 6.05. The molecule has 2 bridgehead atoms. The van der Waals surface area contributed by atoms with Crippen molar-refractivity contribution in [2.75, 3.05) is 0 Å². The van der Waals surface area contributed by atoms with Crippen LogP contribution in [0.5, 0.6) is 0 Å². The number of hydrogen-bond acceptors (Lipinski definition) is 5. The van der Waals surface area contributed by atoms with Gasteiger partial charge in [0.25, 0.3) is 5.91 Å². The first-order chi connectivity index (χ1) is 18.5. The van der Waals surface area contributed by atoms with Crippen molar-refractivity contribution in [2.45, 2.75) is 63.4 Å². The molecule has 202 valence electrons. The SMILES string of the molecule is CC(C)(O)Cn1nnc2cc(-c3ccc(C(=O)N4[C@@H]5CC[C@H]4[C@@H](N)C5)cc3-c3cccc(F)c3)c(F)c(F)c21. The summed E-state index contributed by atoms with van der Waals surface area (Å²) in [6, 6.07) is 11.8. The monoisotopic (exact) mass is 535 g/mol. The zero-order chi connectivity index (χ0) is 27.6. The molecule has 3 atom stereocenters. The molecule has 3 N–H and O–H groups in total. The second-order valence-corrected chi connectivity index (χ2v) is 11.2. The van der Waals surface area contributed by atoms with Gasteiger partial charge in [-0.25, -0.2) is 17.9 Å². The highest BCUT2D eigenvalue weighted by atomic mass is 19.2. The summed E-state index contributed by atoms with van der Waals surface area (Å²) in [5.74, 6) is -2.99. The maximum absolute atomic E-state index is 15.7. The Kier molecular flexibility index (Phi) is 6.00. The Morgan fingerprint density at radius 1 is 1.05 bits per heavy atom. The van der Waals surface area contributed by atoms with Crippen LogP contribution in [0.4, 0.5) is 13.2 Å². The molecule has 6 rings (SSSR count). The van der Waals surface area contributed by atoms with Gasteiger partial charge in [-0.1, -0.05) is 23.4 Å². The topological polar surface area (TPSA) is 97.3 Å². The van der Waals surface area contributed by atoms with Gasteiger partial charge in [-0.15, -0.1) is 5.10 Å². The molecule has 3 aromatic carbocycles. The highest BCUT2D eigenvalue weighted by Gasteiger charge is 2.47. The predicted molar refractivity (Wildman–Crippen MR) is 140 cm³/mol. The molecule has 0 saturated carbocycles. The largest absolute Gasteiger partial charge is 0.389 e. The van der Waals surface area contributed by atoms with Crippen molar-refractivity contribution in [2.24, 2.45) is 5.73 Å². The minimum Gasteiger partial charge on any atom is -0.389 e. The molecular formula is C29H28F3N5O2. The van der Waals surface area contributed by atoms with Gasteiger partial charge in [0.1, 0.15) is 16.9 Å². The summed E-state index contributed by atoms with van der Waals surface area (Å²) in [4.78, 5) is 15.4. The molecule has 10 heteroatoms. The van der Waals surface area contributed by atoms with Gasteiger partial charge in [-0.3, -0.25) is 4.79 Å². The molecule has 1 amide bonds. The molecule has 0 aliphatic carbocycles. The van der Waals surface area contributed by atoms with Crippen molar-refractivity contribution >= 4 is 16.9 Å². The molecule has 3 heterocycles. The highest BCUT2D eigenvalue weighted by molar-refractivity contribution is 5.99. The van der Waals surface area contributed by atoms with Crippen molar-refractivity contribution in [3.05, 3.63) is 71.5 Å². The molecule has 0 unspecified atom stereocenters. The first kappa shape index (κ1) is 25.5. The van der Waals surface area contributed by atoms with Crippen molar-refractivity contribution in [1.29, 1.82) is 0 Å². The number of nitrogens with two attached hydrogens (primary N) is 1. The van der Waals surface area contributed by atoms with E-state index >= 15 is 8.78 Å². The van der Waals surface area contributed by atoms with Crippen LogP contribution >= 0.6 is 0 Å². The molecule has 39 heavy (non-hydrogen) atoms. The summed E-state index contributed by atoms with van der Waals surface area (Å²) < 4.78 is 46.5. The van der Waals surface area contributed by atoms with Crippen molar-refractivity contribution in [1.82, 2.24) is 19.9 Å². The van der Waals surface area contributed by atoms with Gasteiger partial charge in [0.15, 0.2) is 11.6 Å². The molecule has 2 fully saturated rings. The van der Waals surface area contributed by atoms with E-state index in [1.807, 2.05) is 4.90 Å². The van der Waals surface area contributed by atoms with E-state index in [0.29, 0.717) is 16.7 Å². The van der Waals surface area contributed by atoms with Gasteiger partial charge in [0.05, 0.1) is 12.1 Å². The number of amides is 1. The van der Waals surface area contributed by atoms with Crippen LogP contribution in [0.2, 0.25) is 0 Å². The Morgan fingerprint density at radius 3 is 2.51 bits per heavy atom. The van der Waals surface area contributed by atoms with E-state index in [0.717, 1.165) is 23.9 Å². The predicted octanol–water partition coefficient (Wildman–Crippen LogP) is 4.66.